The second kappa shape index (κ2) is 5.15. The molecule has 0 aliphatic carbocycles. The molecule has 0 unspecified atom stereocenters. The van der Waals surface area contributed by atoms with Crippen LogP contribution < -0.4 is 0 Å². The molecule has 2 aliphatic rings. The van der Waals surface area contributed by atoms with E-state index in [0.29, 0.717) is 11.4 Å². The normalized spacial score (nSPS) is 23.5. The van der Waals surface area contributed by atoms with Gasteiger partial charge in [0.05, 0.1) is 5.57 Å². The first-order chi connectivity index (χ1) is 9.32. The molecule has 2 heterocycles. The van der Waals surface area contributed by atoms with Crippen LogP contribution in [0.5, 0.6) is 0 Å². The SMILES string of the molecule is CC1=C(C)N(C)/C(=C\C=C2\C(=O)N(C)N=C2N(C)C)C1. The molecule has 0 radical (unpaired) electrons. The van der Waals surface area contributed by atoms with Gasteiger partial charge in [-0.15, -0.1) is 0 Å². The Labute approximate surface area is 120 Å². The number of carbonyl (C=O) groups is 1. The minimum absolute atomic E-state index is 0.0624. The highest BCUT2D eigenvalue weighted by molar-refractivity contribution is 6.23. The van der Waals surface area contributed by atoms with Crippen LogP contribution in [0.25, 0.3) is 0 Å². The van der Waals surface area contributed by atoms with Crippen molar-refractivity contribution in [1.29, 1.82) is 0 Å². The summed E-state index contributed by atoms with van der Waals surface area (Å²) in [6.07, 6.45) is 4.83. The molecule has 0 saturated heterocycles. The van der Waals surface area contributed by atoms with Gasteiger partial charge in [0.1, 0.15) is 0 Å². The van der Waals surface area contributed by atoms with Gasteiger partial charge in [-0.3, -0.25) is 4.79 Å². The molecule has 0 aromatic rings. The van der Waals surface area contributed by atoms with Gasteiger partial charge in [0.2, 0.25) is 0 Å². The molecular weight excluding hydrogens is 252 g/mol. The molecule has 0 saturated carbocycles. The minimum atomic E-state index is -0.0624. The maximum atomic E-state index is 12.1. The highest BCUT2D eigenvalue weighted by atomic mass is 16.2. The van der Waals surface area contributed by atoms with Crippen LogP contribution in [0, 0.1) is 0 Å². The molecule has 1 amide bonds. The predicted octanol–water partition coefficient (Wildman–Crippen LogP) is 1.77. The zero-order valence-corrected chi connectivity index (χ0v) is 13.1. The molecule has 0 fully saturated rings. The lowest BCUT2D eigenvalue weighted by atomic mass is 10.1. The van der Waals surface area contributed by atoms with Crippen LogP contribution in [0.3, 0.4) is 0 Å². The fourth-order valence-corrected chi connectivity index (χ4v) is 2.36. The Kier molecular flexibility index (Phi) is 3.70. The van der Waals surface area contributed by atoms with E-state index < -0.39 is 0 Å². The van der Waals surface area contributed by atoms with Gasteiger partial charge in [0, 0.05) is 46.0 Å². The predicted molar refractivity (Wildman–Crippen MR) is 80.8 cm³/mol. The van der Waals surface area contributed by atoms with Gasteiger partial charge in [0.15, 0.2) is 5.84 Å². The van der Waals surface area contributed by atoms with Crippen LogP contribution in [-0.2, 0) is 4.79 Å². The Morgan fingerprint density at radius 3 is 2.35 bits per heavy atom. The average molecular weight is 274 g/mol. The van der Waals surface area contributed by atoms with Gasteiger partial charge >= 0.3 is 0 Å². The van der Waals surface area contributed by atoms with Gasteiger partial charge in [0.25, 0.3) is 5.91 Å². The Bertz CT molecular complexity index is 566. The Balaban J connectivity index is 2.28. The summed E-state index contributed by atoms with van der Waals surface area (Å²) in [6.45, 7) is 4.26. The summed E-state index contributed by atoms with van der Waals surface area (Å²) in [5.74, 6) is 0.643. The highest BCUT2D eigenvalue weighted by Gasteiger charge is 2.28. The van der Waals surface area contributed by atoms with E-state index in [1.807, 2.05) is 31.1 Å². The monoisotopic (exact) mass is 274 g/mol. The van der Waals surface area contributed by atoms with Crippen LogP contribution in [0.1, 0.15) is 20.3 Å². The van der Waals surface area contributed by atoms with Gasteiger partial charge in [-0.25, -0.2) is 5.01 Å². The summed E-state index contributed by atoms with van der Waals surface area (Å²) in [4.78, 5) is 16.1. The summed E-state index contributed by atoms with van der Waals surface area (Å²) in [5.41, 5.74) is 4.49. The van der Waals surface area contributed by atoms with Crippen LogP contribution in [0.4, 0.5) is 0 Å². The number of nitrogens with zero attached hydrogens (tertiary/aromatic N) is 4. The third kappa shape index (κ3) is 2.35. The Morgan fingerprint density at radius 1 is 1.20 bits per heavy atom. The van der Waals surface area contributed by atoms with Crippen molar-refractivity contribution in [3.8, 4) is 0 Å². The maximum absolute atomic E-state index is 12.1. The number of rotatable bonds is 1. The average Bonchev–Trinajstić information content (AvgIpc) is 2.81. The first-order valence-corrected chi connectivity index (χ1v) is 6.68. The van der Waals surface area contributed by atoms with Gasteiger partial charge in [-0.05, 0) is 31.6 Å². The van der Waals surface area contributed by atoms with Crippen LogP contribution in [0.2, 0.25) is 0 Å². The number of allylic oxidation sites excluding steroid dienone is 4. The number of hydrogen-bond donors (Lipinski definition) is 0. The largest absolute Gasteiger partial charge is 0.361 e. The summed E-state index contributed by atoms with van der Waals surface area (Å²) in [7, 11) is 7.52. The maximum Gasteiger partial charge on any atom is 0.277 e. The summed E-state index contributed by atoms with van der Waals surface area (Å²) >= 11 is 0. The first kappa shape index (κ1) is 14.4. The zero-order valence-electron chi connectivity index (χ0n) is 13.1. The summed E-state index contributed by atoms with van der Waals surface area (Å²) in [6, 6.07) is 0. The number of carbonyl (C=O) groups excluding carboxylic acids is 1. The van der Waals surface area contributed by atoms with Gasteiger partial charge < -0.3 is 9.80 Å². The third-order valence-corrected chi connectivity index (χ3v) is 3.87. The number of hydrogen-bond acceptors (Lipinski definition) is 4. The minimum Gasteiger partial charge on any atom is -0.361 e. The molecule has 0 bridgehead atoms. The number of hydrazone groups is 1. The van der Waals surface area contributed by atoms with Crippen LogP contribution >= 0.6 is 0 Å². The molecule has 0 spiro atoms. The third-order valence-electron chi connectivity index (χ3n) is 3.87. The second-order valence-corrected chi connectivity index (χ2v) is 5.49. The zero-order chi connectivity index (χ0) is 15.0. The molecule has 0 atom stereocenters. The Morgan fingerprint density at radius 2 is 1.85 bits per heavy atom. The lowest BCUT2D eigenvalue weighted by Crippen LogP contribution is -2.24. The first-order valence-electron chi connectivity index (χ1n) is 6.68. The molecule has 5 nitrogen and oxygen atoms in total. The summed E-state index contributed by atoms with van der Waals surface area (Å²) < 4.78 is 0. The van der Waals surface area contributed by atoms with Crippen molar-refractivity contribution < 1.29 is 4.79 Å². The van der Waals surface area contributed by atoms with Crippen molar-refractivity contribution in [3.05, 3.63) is 34.7 Å². The van der Waals surface area contributed by atoms with Crippen molar-refractivity contribution in [2.45, 2.75) is 20.3 Å². The molecule has 20 heavy (non-hydrogen) atoms. The van der Waals surface area contributed by atoms with Crippen molar-refractivity contribution in [1.82, 2.24) is 14.8 Å². The lowest BCUT2D eigenvalue weighted by Gasteiger charge is -2.15. The number of likely N-dealkylation sites (N-methyl/N-ethyl adjacent to an activating group) is 2. The molecule has 5 heteroatoms. The topological polar surface area (TPSA) is 39.2 Å². The standard InChI is InChI=1S/C15H22N4O/c1-10-9-12(18(5)11(10)2)7-8-13-14(17(3)4)16-19(6)15(13)20/h7-8H,9H2,1-6H3/b12-7-,13-8+. The fraction of sp³-hybridized carbons (Fsp3) is 0.467. The van der Waals surface area contributed by atoms with E-state index in [1.165, 1.54) is 22.0 Å². The number of amides is 1. The molecular formula is C15H22N4O. The van der Waals surface area contributed by atoms with Crippen molar-refractivity contribution in [2.75, 3.05) is 28.2 Å². The van der Waals surface area contributed by atoms with Crippen molar-refractivity contribution >= 4 is 11.7 Å². The Hall–Kier alpha value is -2.04. The van der Waals surface area contributed by atoms with Gasteiger partial charge in [-0.2, -0.15) is 5.10 Å². The lowest BCUT2D eigenvalue weighted by molar-refractivity contribution is -0.124. The van der Waals surface area contributed by atoms with Crippen LogP contribution in [0.15, 0.2) is 39.8 Å². The molecule has 0 aromatic carbocycles. The van der Waals surface area contributed by atoms with Crippen LogP contribution in [-0.4, -0.2) is 54.7 Å². The fourth-order valence-electron chi connectivity index (χ4n) is 2.36. The molecule has 2 rings (SSSR count). The van der Waals surface area contributed by atoms with E-state index in [9.17, 15) is 4.79 Å². The number of amidine groups is 1. The molecule has 0 N–H and O–H groups in total. The van der Waals surface area contributed by atoms with Gasteiger partial charge in [-0.1, -0.05) is 0 Å². The molecule has 2 aliphatic heterocycles. The molecule has 108 valence electrons. The molecule has 0 aromatic heterocycles. The van der Waals surface area contributed by atoms with E-state index in [2.05, 4.69) is 30.9 Å². The quantitative estimate of drug-likeness (QED) is 0.684. The van der Waals surface area contributed by atoms with E-state index in [4.69, 9.17) is 0 Å². The van der Waals surface area contributed by atoms with E-state index in [0.717, 1.165) is 6.42 Å². The van der Waals surface area contributed by atoms with E-state index in [1.54, 1.807) is 7.05 Å². The smallest absolute Gasteiger partial charge is 0.277 e. The van der Waals surface area contributed by atoms with Crippen molar-refractivity contribution in [2.24, 2.45) is 5.10 Å². The van der Waals surface area contributed by atoms with E-state index in [-0.39, 0.29) is 5.91 Å². The second-order valence-electron chi connectivity index (χ2n) is 5.49. The van der Waals surface area contributed by atoms with Crippen molar-refractivity contribution in [3.63, 3.8) is 0 Å². The summed E-state index contributed by atoms with van der Waals surface area (Å²) in [5, 5.41) is 5.63. The highest BCUT2D eigenvalue weighted by Crippen LogP contribution is 2.29. The van der Waals surface area contributed by atoms with E-state index >= 15 is 0 Å².